The number of carbonyl (C=O) groups is 1. The fraction of sp³-hybridized carbons (Fsp3) is 0.556. The molecule has 3 rings (SSSR count). The minimum atomic E-state index is -0.270. The number of thioether (sulfide) groups is 1. The van der Waals surface area contributed by atoms with Gasteiger partial charge < -0.3 is 5.32 Å². The number of amides is 1. The molecular weight excluding hydrogens is 334 g/mol. The van der Waals surface area contributed by atoms with Crippen LogP contribution < -0.4 is 5.32 Å². The van der Waals surface area contributed by atoms with Gasteiger partial charge in [-0.2, -0.15) is 0 Å². The topological polar surface area (TPSA) is 72.7 Å². The van der Waals surface area contributed by atoms with Crippen molar-refractivity contribution in [3.8, 4) is 0 Å². The van der Waals surface area contributed by atoms with Gasteiger partial charge in [0.1, 0.15) is 0 Å². The first-order chi connectivity index (χ1) is 12.1. The number of hydrogen-bond donors (Lipinski definition) is 1. The molecule has 134 valence electrons. The summed E-state index contributed by atoms with van der Waals surface area (Å²) < 4.78 is 1.91. The van der Waals surface area contributed by atoms with E-state index in [1.165, 1.54) is 36.6 Å². The third-order valence-electron chi connectivity index (χ3n) is 4.90. The first-order valence-electron chi connectivity index (χ1n) is 8.88. The number of benzene rings is 1. The second-order valence-electron chi connectivity index (χ2n) is 6.69. The molecule has 1 unspecified atom stereocenters. The second-order valence-corrected chi connectivity index (χ2v) is 8.00. The Balaban J connectivity index is 1.66. The van der Waals surface area contributed by atoms with Gasteiger partial charge in [-0.25, -0.2) is 4.68 Å². The Kier molecular flexibility index (Phi) is 5.73. The van der Waals surface area contributed by atoms with Crippen molar-refractivity contribution in [2.45, 2.75) is 69.3 Å². The standard InChI is InChI=1S/C18H25N5OS/c1-12-8-7-11-16(13(12)2)19-17(24)14(3)25-18-20-21-22-23(18)15-9-5-4-6-10-15/h7-8,11,14-15H,4-6,9-10H2,1-3H3,(H,19,24). The van der Waals surface area contributed by atoms with Gasteiger partial charge in [-0.05, 0) is 61.2 Å². The number of hydrogen-bond acceptors (Lipinski definition) is 5. The highest BCUT2D eigenvalue weighted by molar-refractivity contribution is 8.00. The summed E-state index contributed by atoms with van der Waals surface area (Å²) in [5.41, 5.74) is 3.13. The minimum Gasteiger partial charge on any atom is -0.325 e. The molecule has 1 aromatic heterocycles. The third-order valence-corrected chi connectivity index (χ3v) is 5.94. The zero-order valence-electron chi connectivity index (χ0n) is 15.0. The quantitative estimate of drug-likeness (QED) is 0.819. The summed E-state index contributed by atoms with van der Waals surface area (Å²) >= 11 is 1.42. The van der Waals surface area contributed by atoms with Crippen molar-refractivity contribution in [1.29, 1.82) is 0 Å². The summed E-state index contributed by atoms with van der Waals surface area (Å²) in [5.74, 6) is -0.0307. The molecule has 2 aromatic rings. The molecule has 0 saturated heterocycles. The van der Waals surface area contributed by atoms with Crippen LogP contribution >= 0.6 is 11.8 Å². The van der Waals surface area contributed by atoms with Crippen LogP contribution in [-0.2, 0) is 4.79 Å². The van der Waals surface area contributed by atoms with Gasteiger partial charge in [0.15, 0.2) is 0 Å². The van der Waals surface area contributed by atoms with Gasteiger partial charge in [0.2, 0.25) is 11.1 Å². The smallest absolute Gasteiger partial charge is 0.237 e. The lowest BCUT2D eigenvalue weighted by atomic mass is 9.96. The Morgan fingerprint density at radius 3 is 2.80 bits per heavy atom. The number of anilines is 1. The monoisotopic (exact) mass is 359 g/mol. The zero-order chi connectivity index (χ0) is 17.8. The first kappa shape index (κ1) is 17.9. The molecule has 7 heteroatoms. The Hall–Kier alpha value is -1.89. The maximum Gasteiger partial charge on any atom is 0.237 e. The molecule has 1 aliphatic rings. The van der Waals surface area contributed by atoms with E-state index in [2.05, 4.69) is 20.8 Å². The van der Waals surface area contributed by atoms with Gasteiger partial charge >= 0.3 is 0 Å². The summed E-state index contributed by atoms with van der Waals surface area (Å²) in [6.07, 6.45) is 5.95. The molecule has 6 nitrogen and oxygen atoms in total. The molecule has 1 atom stereocenters. The Bertz CT molecular complexity index is 739. The largest absolute Gasteiger partial charge is 0.325 e. The van der Waals surface area contributed by atoms with Crippen LogP contribution in [-0.4, -0.2) is 31.4 Å². The van der Waals surface area contributed by atoms with Gasteiger partial charge in [0, 0.05) is 5.69 Å². The van der Waals surface area contributed by atoms with Gasteiger partial charge in [0.05, 0.1) is 11.3 Å². The van der Waals surface area contributed by atoms with Crippen molar-refractivity contribution in [1.82, 2.24) is 20.2 Å². The van der Waals surface area contributed by atoms with Gasteiger partial charge in [-0.1, -0.05) is 43.2 Å². The number of aromatic nitrogens is 4. The summed E-state index contributed by atoms with van der Waals surface area (Å²) in [7, 11) is 0. The summed E-state index contributed by atoms with van der Waals surface area (Å²) in [5, 5.41) is 15.6. The number of aryl methyl sites for hydroxylation is 1. The van der Waals surface area contributed by atoms with Gasteiger partial charge in [-0.15, -0.1) is 5.10 Å². The minimum absolute atomic E-state index is 0.0307. The SMILES string of the molecule is Cc1cccc(NC(=O)C(C)Sc2nnnn2C2CCCCC2)c1C. The number of carbonyl (C=O) groups excluding carboxylic acids is 1. The van der Waals surface area contributed by atoms with Crippen LogP contribution in [0.2, 0.25) is 0 Å². The lowest BCUT2D eigenvalue weighted by Crippen LogP contribution is -2.24. The molecule has 1 fully saturated rings. The van der Waals surface area contributed by atoms with Gasteiger partial charge in [-0.3, -0.25) is 4.79 Å². The van der Waals surface area contributed by atoms with E-state index in [-0.39, 0.29) is 11.2 Å². The highest BCUT2D eigenvalue weighted by Crippen LogP contribution is 2.31. The molecule has 1 N–H and O–H groups in total. The molecule has 1 aromatic carbocycles. The van der Waals surface area contributed by atoms with E-state index in [1.807, 2.05) is 43.7 Å². The van der Waals surface area contributed by atoms with Crippen molar-refractivity contribution < 1.29 is 4.79 Å². The molecule has 1 amide bonds. The van der Waals surface area contributed by atoms with Gasteiger partial charge in [0.25, 0.3) is 0 Å². The molecule has 0 spiro atoms. The van der Waals surface area contributed by atoms with Crippen LogP contribution in [0.4, 0.5) is 5.69 Å². The zero-order valence-corrected chi connectivity index (χ0v) is 15.8. The number of rotatable bonds is 5. The molecular formula is C18H25N5OS. The lowest BCUT2D eigenvalue weighted by molar-refractivity contribution is -0.115. The number of nitrogens with zero attached hydrogens (tertiary/aromatic N) is 4. The number of nitrogens with one attached hydrogen (secondary N) is 1. The molecule has 1 aliphatic carbocycles. The van der Waals surface area contributed by atoms with Crippen molar-refractivity contribution in [3.63, 3.8) is 0 Å². The van der Waals surface area contributed by atoms with Crippen molar-refractivity contribution in [2.24, 2.45) is 0 Å². The Labute approximate surface area is 152 Å². The van der Waals surface area contributed by atoms with Crippen LogP contribution in [0.1, 0.15) is 56.2 Å². The third kappa shape index (κ3) is 4.21. The average Bonchev–Trinajstić information content (AvgIpc) is 3.07. The van der Waals surface area contributed by atoms with Crippen LogP contribution in [0, 0.1) is 13.8 Å². The Morgan fingerprint density at radius 1 is 1.28 bits per heavy atom. The average molecular weight is 359 g/mol. The van der Waals surface area contributed by atoms with E-state index in [0.29, 0.717) is 6.04 Å². The maximum atomic E-state index is 12.6. The maximum absolute atomic E-state index is 12.6. The molecule has 0 aliphatic heterocycles. The van der Waals surface area contributed by atoms with Crippen LogP contribution in [0.3, 0.4) is 0 Å². The molecule has 25 heavy (non-hydrogen) atoms. The van der Waals surface area contributed by atoms with Crippen LogP contribution in [0.15, 0.2) is 23.4 Å². The van der Waals surface area contributed by atoms with E-state index >= 15 is 0 Å². The van der Waals surface area contributed by atoms with Crippen molar-refractivity contribution >= 4 is 23.4 Å². The normalized spacial score (nSPS) is 16.6. The van der Waals surface area contributed by atoms with Crippen LogP contribution in [0.25, 0.3) is 0 Å². The van der Waals surface area contributed by atoms with E-state index in [0.717, 1.165) is 29.2 Å². The van der Waals surface area contributed by atoms with Crippen LogP contribution in [0.5, 0.6) is 0 Å². The predicted octanol–water partition coefficient (Wildman–Crippen LogP) is 3.91. The summed E-state index contributed by atoms with van der Waals surface area (Å²) in [6, 6.07) is 6.30. The van der Waals surface area contributed by atoms with E-state index < -0.39 is 0 Å². The summed E-state index contributed by atoms with van der Waals surface area (Å²) in [6.45, 7) is 5.96. The Morgan fingerprint density at radius 2 is 2.04 bits per heavy atom. The molecule has 1 saturated carbocycles. The lowest BCUT2D eigenvalue weighted by Gasteiger charge is -2.22. The highest BCUT2D eigenvalue weighted by Gasteiger charge is 2.24. The fourth-order valence-corrected chi connectivity index (χ4v) is 4.01. The summed E-state index contributed by atoms with van der Waals surface area (Å²) in [4.78, 5) is 12.6. The molecule has 0 bridgehead atoms. The fourth-order valence-electron chi connectivity index (χ4n) is 3.15. The van der Waals surface area contributed by atoms with E-state index in [1.54, 1.807) is 0 Å². The highest BCUT2D eigenvalue weighted by atomic mass is 32.2. The van der Waals surface area contributed by atoms with E-state index in [9.17, 15) is 4.79 Å². The molecule has 0 radical (unpaired) electrons. The molecule has 1 heterocycles. The second kappa shape index (κ2) is 7.99. The number of tetrazole rings is 1. The predicted molar refractivity (Wildman–Crippen MR) is 99.8 cm³/mol. The first-order valence-corrected chi connectivity index (χ1v) is 9.76. The van der Waals surface area contributed by atoms with Crippen molar-refractivity contribution in [3.05, 3.63) is 29.3 Å². The van der Waals surface area contributed by atoms with Crippen molar-refractivity contribution in [2.75, 3.05) is 5.32 Å². The van der Waals surface area contributed by atoms with E-state index in [4.69, 9.17) is 0 Å².